The first kappa shape index (κ1) is 20.8. The van der Waals surface area contributed by atoms with Gasteiger partial charge in [-0.25, -0.2) is 4.98 Å². The molecule has 0 fully saturated rings. The van der Waals surface area contributed by atoms with Gasteiger partial charge in [0.1, 0.15) is 18.5 Å². The third kappa shape index (κ3) is 4.51. The molecule has 0 saturated carbocycles. The fourth-order valence-corrected chi connectivity index (χ4v) is 3.59. The summed E-state index contributed by atoms with van der Waals surface area (Å²) >= 11 is 12.7. The van der Waals surface area contributed by atoms with Gasteiger partial charge in [-0.15, -0.1) is 0 Å². The average Bonchev–Trinajstić information content (AvgIpc) is 3.21. The SMILES string of the molecule is COc1cc(/C=C(\C#N)c2nc3ccccc3[nH]2)cc(Cl)c1OCc1ccccc1Cl. The molecule has 1 heterocycles. The zero-order chi connectivity index (χ0) is 21.8. The van der Waals surface area contributed by atoms with E-state index in [9.17, 15) is 5.26 Å². The number of aromatic nitrogens is 2. The highest BCUT2D eigenvalue weighted by Gasteiger charge is 2.14. The summed E-state index contributed by atoms with van der Waals surface area (Å²) in [5.74, 6) is 1.34. The summed E-state index contributed by atoms with van der Waals surface area (Å²) in [6, 6.07) is 20.7. The van der Waals surface area contributed by atoms with E-state index in [1.807, 2.05) is 42.5 Å². The highest BCUT2D eigenvalue weighted by atomic mass is 35.5. The summed E-state index contributed by atoms with van der Waals surface area (Å²) in [6.07, 6.45) is 1.70. The zero-order valence-corrected chi connectivity index (χ0v) is 18.0. The summed E-state index contributed by atoms with van der Waals surface area (Å²) < 4.78 is 11.4. The molecule has 1 N–H and O–H groups in total. The van der Waals surface area contributed by atoms with E-state index in [1.165, 1.54) is 7.11 Å². The number of nitrogens with zero attached hydrogens (tertiary/aromatic N) is 2. The first-order valence-corrected chi connectivity index (χ1v) is 10.2. The molecule has 31 heavy (non-hydrogen) atoms. The van der Waals surface area contributed by atoms with Gasteiger partial charge in [-0.2, -0.15) is 5.26 Å². The van der Waals surface area contributed by atoms with Crippen molar-refractivity contribution >= 4 is 45.9 Å². The monoisotopic (exact) mass is 449 g/mol. The molecular weight excluding hydrogens is 433 g/mol. The third-order valence-electron chi connectivity index (χ3n) is 4.66. The largest absolute Gasteiger partial charge is 0.493 e. The van der Waals surface area contributed by atoms with Crippen molar-refractivity contribution in [3.05, 3.63) is 87.7 Å². The Labute approximate surface area is 189 Å². The van der Waals surface area contributed by atoms with Gasteiger partial charge in [-0.3, -0.25) is 0 Å². The van der Waals surface area contributed by atoms with Gasteiger partial charge in [0, 0.05) is 10.6 Å². The van der Waals surface area contributed by atoms with Crippen molar-refractivity contribution < 1.29 is 9.47 Å². The number of aromatic amines is 1. The van der Waals surface area contributed by atoms with Gasteiger partial charge >= 0.3 is 0 Å². The number of ether oxygens (including phenoxy) is 2. The molecule has 4 aromatic rings. The van der Waals surface area contributed by atoms with Crippen molar-refractivity contribution in [2.24, 2.45) is 0 Å². The molecule has 1 aromatic heterocycles. The van der Waals surface area contributed by atoms with E-state index in [0.717, 1.165) is 16.6 Å². The number of allylic oxidation sites excluding steroid dienone is 1. The maximum atomic E-state index is 9.67. The molecule has 0 aliphatic heterocycles. The minimum absolute atomic E-state index is 0.243. The third-order valence-corrected chi connectivity index (χ3v) is 5.31. The maximum Gasteiger partial charge on any atom is 0.180 e. The molecule has 0 atom stereocenters. The Kier molecular flexibility index (Phi) is 6.13. The molecule has 0 aliphatic carbocycles. The van der Waals surface area contributed by atoms with Crippen molar-refractivity contribution in [3.8, 4) is 17.6 Å². The van der Waals surface area contributed by atoms with E-state index in [-0.39, 0.29) is 6.61 Å². The minimum Gasteiger partial charge on any atom is -0.493 e. The fraction of sp³-hybridized carbons (Fsp3) is 0.0833. The Hall–Kier alpha value is -3.46. The predicted molar refractivity (Wildman–Crippen MR) is 123 cm³/mol. The number of methoxy groups -OCH3 is 1. The van der Waals surface area contributed by atoms with Crippen molar-refractivity contribution in [1.29, 1.82) is 5.26 Å². The average molecular weight is 450 g/mol. The van der Waals surface area contributed by atoms with E-state index in [1.54, 1.807) is 24.3 Å². The van der Waals surface area contributed by atoms with Gasteiger partial charge in [-0.1, -0.05) is 53.5 Å². The van der Waals surface area contributed by atoms with E-state index in [2.05, 4.69) is 16.0 Å². The highest BCUT2D eigenvalue weighted by molar-refractivity contribution is 6.32. The van der Waals surface area contributed by atoms with Crippen molar-refractivity contribution in [2.75, 3.05) is 7.11 Å². The Morgan fingerprint density at radius 1 is 1.10 bits per heavy atom. The van der Waals surface area contributed by atoms with Gasteiger partial charge in [-0.05, 0) is 42.0 Å². The molecule has 3 aromatic carbocycles. The molecule has 4 rings (SSSR count). The van der Waals surface area contributed by atoms with Gasteiger partial charge < -0.3 is 14.5 Å². The summed E-state index contributed by atoms with van der Waals surface area (Å²) in [6.45, 7) is 0.243. The van der Waals surface area contributed by atoms with Crippen LogP contribution >= 0.6 is 23.2 Å². The summed E-state index contributed by atoms with van der Waals surface area (Å²) in [5.41, 5.74) is 3.54. The Bertz CT molecular complexity index is 1290. The Morgan fingerprint density at radius 2 is 1.87 bits per heavy atom. The number of rotatable bonds is 6. The normalized spacial score (nSPS) is 11.4. The van der Waals surface area contributed by atoms with Crippen LogP contribution in [0.3, 0.4) is 0 Å². The predicted octanol–water partition coefficient (Wildman–Crippen LogP) is 6.52. The van der Waals surface area contributed by atoms with Crippen LogP contribution in [0.5, 0.6) is 11.5 Å². The molecule has 0 aliphatic rings. The highest BCUT2D eigenvalue weighted by Crippen LogP contribution is 2.38. The fourth-order valence-electron chi connectivity index (χ4n) is 3.13. The van der Waals surface area contributed by atoms with Crippen LogP contribution in [0.15, 0.2) is 60.7 Å². The van der Waals surface area contributed by atoms with Gasteiger partial charge in [0.05, 0.1) is 28.7 Å². The van der Waals surface area contributed by atoms with E-state index in [4.69, 9.17) is 32.7 Å². The lowest BCUT2D eigenvalue weighted by molar-refractivity contribution is 0.285. The maximum absolute atomic E-state index is 9.67. The van der Waals surface area contributed by atoms with Gasteiger partial charge in [0.2, 0.25) is 0 Å². The second-order valence-corrected chi connectivity index (χ2v) is 7.50. The minimum atomic E-state index is 0.243. The molecule has 7 heteroatoms. The smallest absolute Gasteiger partial charge is 0.180 e. The topological polar surface area (TPSA) is 70.9 Å². The first-order chi connectivity index (χ1) is 15.1. The van der Waals surface area contributed by atoms with Crippen LogP contribution in [0, 0.1) is 11.3 Å². The number of hydrogen-bond acceptors (Lipinski definition) is 4. The summed E-state index contributed by atoms with van der Waals surface area (Å²) in [7, 11) is 1.53. The van der Waals surface area contributed by atoms with Gasteiger partial charge in [0.25, 0.3) is 0 Å². The molecule has 0 unspecified atom stereocenters. The van der Waals surface area contributed by atoms with Crippen molar-refractivity contribution in [2.45, 2.75) is 6.61 Å². The number of halogens is 2. The van der Waals surface area contributed by atoms with Crippen molar-refractivity contribution in [1.82, 2.24) is 9.97 Å². The van der Waals surface area contributed by atoms with E-state index < -0.39 is 0 Å². The Morgan fingerprint density at radius 3 is 2.61 bits per heavy atom. The summed E-state index contributed by atoms with van der Waals surface area (Å²) in [5, 5.41) is 10.6. The molecular formula is C24H17Cl2N3O2. The second-order valence-electron chi connectivity index (χ2n) is 6.69. The van der Waals surface area contributed by atoms with E-state index in [0.29, 0.717) is 38.5 Å². The molecule has 0 spiro atoms. The van der Waals surface area contributed by atoms with Crippen LogP contribution in [-0.2, 0) is 6.61 Å². The van der Waals surface area contributed by atoms with Crippen LogP contribution in [0.2, 0.25) is 10.0 Å². The Balaban J connectivity index is 1.65. The van der Waals surface area contributed by atoms with Crippen molar-refractivity contribution in [3.63, 3.8) is 0 Å². The van der Waals surface area contributed by atoms with Crippen LogP contribution in [0.4, 0.5) is 0 Å². The van der Waals surface area contributed by atoms with Crippen LogP contribution in [0.1, 0.15) is 17.0 Å². The molecule has 154 valence electrons. The first-order valence-electron chi connectivity index (χ1n) is 9.39. The van der Waals surface area contributed by atoms with Gasteiger partial charge in [0.15, 0.2) is 11.5 Å². The number of hydrogen-bond donors (Lipinski definition) is 1. The lowest BCUT2D eigenvalue weighted by Gasteiger charge is -2.14. The van der Waals surface area contributed by atoms with Crippen LogP contribution in [-0.4, -0.2) is 17.1 Å². The molecule has 0 radical (unpaired) electrons. The quantitative estimate of drug-likeness (QED) is 0.340. The molecule has 0 amide bonds. The molecule has 0 saturated heterocycles. The van der Waals surface area contributed by atoms with Crippen LogP contribution in [0.25, 0.3) is 22.7 Å². The number of nitrogens with one attached hydrogen (secondary N) is 1. The number of H-pyrrole nitrogens is 1. The lowest BCUT2D eigenvalue weighted by Crippen LogP contribution is -1.99. The number of benzene rings is 3. The van der Waals surface area contributed by atoms with E-state index >= 15 is 0 Å². The zero-order valence-electron chi connectivity index (χ0n) is 16.5. The summed E-state index contributed by atoms with van der Waals surface area (Å²) in [4.78, 5) is 7.65. The molecule has 5 nitrogen and oxygen atoms in total. The number of para-hydroxylation sites is 2. The second kappa shape index (κ2) is 9.13. The molecule has 0 bridgehead atoms. The number of imidazole rings is 1. The standard InChI is InChI=1S/C24H17Cl2N3O2/c1-30-22-12-15(10-17(13-27)24-28-20-8-4-5-9-21(20)29-24)11-19(26)23(22)31-14-16-6-2-3-7-18(16)25/h2-12H,14H2,1H3,(H,28,29)/b17-10+. The van der Waals surface area contributed by atoms with Crippen LogP contribution < -0.4 is 9.47 Å². The number of nitriles is 1. The lowest BCUT2D eigenvalue weighted by atomic mass is 10.1. The number of fused-ring (bicyclic) bond motifs is 1.